The van der Waals surface area contributed by atoms with Crippen LogP contribution in [0, 0.1) is 6.92 Å². The third-order valence-corrected chi connectivity index (χ3v) is 6.13. The normalized spacial score (nSPS) is 12.6. The lowest BCUT2D eigenvalue weighted by molar-refractivity contribution is 0.219. The topological polar surface area (TPSA) is 110 Å². The zero-order valence-corrected chi connectivity index (χ0v) is 17.4. The van der Waals surface area contributed by atoms with Crippen molar-refractivity contribution in [2.24, 2.45) is 0 Å². The predicted molar refractivity (Wildman–Crippen MR) is 107 cm³/mol. The van der Waals surface area contributed by atoms with Crippen LogP contribution in [0.4, 0.5) is 5.69 Å². The lowest BCUT2D eigenvalue weighted by Gasteiger charge is -2.26. The number of hydrogen-bond donors (Lipinski definition) is 3. The molecule has 0 fully saturated rings. The van der Waals surface area contributed by atoms with Crippen molar-refractivity contribution in [3.8, 4) is 17.2 Å². The maximum atomic E-state index is 13.1. The summed E-state index contributed by atoms with van der Waals surface area (Å²) >= 11 is 0. The molecule has 2 aromatic rings. The summed E-state index contributed by atoms with van der Waals surface area (Å²) in [6, 6.07) is 6.09. The number of nitrogens with one attached hydrogen (secondary N) is 1. The van der Waals surface area contributed by atoms with Gasteiger partial charge in [0, 0.05) is 5.69 Å². The van der Waals surface area contributed by atoms with E-state index in [9.17, 15) is 14.8 Å². The number of phenols is 2. The van der Waals surface area contributed by atoms with Gasteiger partial charge < -0.3 is 29.3 Å². The number of ether oxygens (including phenoxy) is 1. The van der Waals surface area contributed by atoms with E-state index in [0.717, 1.165) is 5.69 Å². The number of benzene rings is 1. The van der Waals surface area contributed by atoms with Gasteiger partial charge in [-0.3, -0.25) is 9.55 Å². The van der Waals surface area contributed by atoms with Gasteiger partial charge in [0.1, 0.15) is 0 Å². The van der Waals surface area contributed by atoms with E-state index in [0.29, 0.717) is 11.3 Å². The van der Waals surface area contributed by atoms with Crippen LogP contribution in [0.2, 0.25) is 0 Å². The van der Waals surface area contributed by atoms with Gasteiger partial charge in [0.15, 0.2) is 11.5 Å². The van der Waals surface area contributed by atoms with E-state index in [2.05, 4.69) is 10.3 Å². The number of anilines is 1. The van der Waals surface area contributed by atoms with Crippen molar-refractivity contribution in [1.29, 1.82) is 0 Å². The number of nitrogens with zero attached hydrogens (tertiary/aromatic N) is 1. The molecule has 0 saturated carbocycles. The summed E-state index contributed by atoms with van der Waals surface area (Å²) in [5.41, 5.74) is 2.11. The van der Waals surface area contributed by atoms with E-state index in [1.54, 1.807) is 26.1 Å². The zero-order valence-electron chi connectivity index (χ0n) is 16.5. The standard InChI is InChI=1S/C19H27N2O6P/c1-5-26-28(24,27-6-2)12-16(21-15-8-7-13(3)20-11-15)14-9-17(22)19(23)18(10-14)25-4/h7-11,16,21-23H,5-6,12H2,1-4H3. The summed E-state index contributed by atoms with van der Waals surface area (Å²) in [6.45, 7) is 5.84. The number of phenolic OH excluding ortho intramolecular Hbond substituents is 2. The van der Waals surface area contributed by atoms with Crippen LogP contribution in [0.3, 0.4) is 0 Å². The van der Waals surface area contributed by atoms with Crippen molar-refractivity contribution >= 4 is 13.3 Å². The molecule has 154 valence electrons. The SMILES string of the molecule is CCOP(=O)(CC(Nc1ccc(C)nc1)c1cc(O)c(O)c(OC)c1)OCC. The van der Waals surface area contributed by atoms with E-state index in [4.69, 9.17) is 13.8 Å². The lowest BCUT2D eigenvalue weighted by Crippen LogP contribution is -2.17. The van der Waals surface area contributed by atoms with Crippen molar-refractivity contribution in [2.75, 3.05) is 31.8 Å². The monoisotopic (exact) mass is 410 g/mol. The highest BCUT2D eigenvalue weighted by atomic mass is 31.2. The molecule has 2 rings (SSSR count). The van der Waals surface area contributed by atoms with Gasteiger partial charge in [-0.15, -0.1) is 0 Å². The summed E-state index contributed by atoms with van der Waals surface area (Å²) in [4.78, 5) is 4.25. The molecule has 3 N–H and O–H groups in total. The Bertz CT molecular complexity index is 818. The minimum absolute atomic E-state index is 0.00985. The molecule has 8 nitrogen and oxygen atoms in total. The number of methoxy groups -OCH3 is 1. The highest BCUT2D eigenvalue weighted by Gasteiger charge is 2.30. The van der Waals surface area contributed by atoms with Gasteiger partial charge in [0.2, 0.25) is 5.75 Å². The van der Waals surface area contributed by atoms with Crippen LogP contribution < -0.4 is 10.1 Å². The van der Waals surface area contributed by atoms with E-state index in [1.165, 1.54) is 13.2 Å². The molecule has 0 aliphatic rings. The second-order valence-electron chi connectivity index (χ2n) is 6.11. The number of aromatic hydroxyl groups is 2. The van der Waals surface area contributed by atoms with Crippen molar-refractivity contribution in [3.63, 3.8) is 0 Å². The first-order chi connectivity index (χ1) is 13.3. The lowest BCUT2D eigenvalue weighted by atomic mass is 10.1. The fraction of sp³-hybridized carbons (Fsp3) is 0.421. The summed E-state index contributed by atoms with van der Waals surface area (Å²) < 4.78 is 29.1. The first kappa shape index (κ1) is 22.0. The smallest absolute Gasteiger partial charge is 0.333 e. The maximum absolute atomic E-state index is 13.1. The van der Waals surface area contributed by atoms with Crippen molar-refractivity contribution in [3.05, 3.63) is 41.7 Å². The molecule has 0 amide bonds. The first-order valence-electron chi connectivity index (χ1n) is 8.99. The second kappa shape index (κ2) is 9.78. The largest absolute Gasteiger partial charge is 0.504 e. The van der Waals surface area contributed by atoms with Gasteiger partial charge in [-0.1, -0.05) is 0 Å². The van der Waals surface area contributed by atoms with Crippen LogP contribution in [0.15, 0.2) is 30.5 Å². The van der Waals surface area contributed by atoms with Crippen LogP contribution in [0.25, 0.3) is 0 Å². The molecule has 0 spiro atoms. The van der Waals surface area contributed by atoms with Gasteiger partial charge in [-0.25, -0.2) is 0 Å². The van der Waals surface area contributed by atoms with Crippen LogP contribution in [0.5, 0.6) is 17.2 Å². The van der Waals surface area contributed by atoms with Gasteiger partial charge in [0.25, 0.3) is 0 Å². The average molecular weight is 410 g/mol. The van der Waals surface area contributed by atoms with E-state index >= 15 is 0 Å². The van der Waals surface area contributed by atoms with Gasteiger partial charge in [-0.2, -0.15) is 0 Å². The van der Waals surface area contributed by atoms with Crippen LogP contribution >= 0.6 is 7.60 Å². The molecule has 0 radical (unpaired) electrons. The minimum Gasteiger partial charge on any atom is -0.504 e. The summed E-state index contributed by atoms with van der Waals surface area (Å²) in [6.07, 6.45) is 1.67. The summed E-state index contributed by atoms with van der Waals surface area (Å²) in [5, 5.41) is 23.2. The Hall–Kier alpha value is -2.28. The Morgan fingerprint density at radius 2 is 1.86 bits per heavy atom. The number of aryl methyl sites for hydroxylation is 1. The summed E-state index contributed by atoms with van der Waals surface area (Å²) in [7, 11) is -2.02. The molecule has 1 atom stereocenters. The number of pyridine rings is 1. The van der Waals surface area contributed by atoms with Crippen LogP contribution in [0.1, 0.15) is 31.1 Å². The van der Waals surface area contributed by atoms with Crippen LogP contribution in [-0.4, -0.2) is 41.7 Å². The Morgan fingerprint density at radius 1 is 1.18 bits per heavy atom. The van der Waals surface area contributed by atoms with Gasteiger partial charge in [-0.05, 0) is 50.6 Å². The Morgan fingerprint density at radius 3 is 2.39 bits per heavy atom. The fourth-order valence-corrected chi connectivity index (χ4v) is 4.54. The molecule has 1 aromatic heterocycles. The average Bonchev–Trinajstić information content (AvgIpc) is 2.65. The Balaban J connectivity index is 2.44. The number of hydrogen-bond acceptors (Lipinski definition) is 8. The number of aromatic nitrogens is 1. The molecule has 28 heavy (non-hydrogen) atoms. The molecule has 0 bridgehead atoms. The number of rotatable bonds is 10. The Labute approximate surface area is 165 Å². The van der Waals surface area contributed by atoms with E-state index in [-0.39, 0.29) is 36.6 Å². The highest BCUT2D eigenvalue weighted by Crippen LogP contribution is 2.52. The van der Waals surface area contributed by atoms with Crippen molar-refractivity contribution in [1.82, 2.24) is 4.98 Å². The first-order valence-corrected chi connectivity index (χ1v) is 10.7. The van der Waals surface area contributed by atoms with Crippen molar-refractivity contribution in [2.45, 2.75) is 26.8 Å². The second-order valence-corrected chi connectivity index (χ2v) is 8.21. The third-order valence-electron chi connectivity index (χ3n) is 4.01. The zero-order chi connectivity index (χ0) is 20.7. The minimum atomic E-state index is -3.41. The summed E-state index contributed by atoms with van der Waals surface area (Å²) in [5.74, 6) is -0.600. The molecule has 1 heterocycles. The molecule has 0 aliphatic carbocycles. The molecule has 9 heteroatoms. The predicted octanol–water partition coefficient (Wildman–Crippen LogP) is 4.23. The maximum Gasteiger partial charge on any atom is 0.333 e. The fourth-order valence-electron chi connectivity index (χ4n) is 2.72. The molecule has 0 saturated heterocycles. The highest BCUT2D eigenvalue weighted by molar-refractivity contribution is 7.53. The molecular weight excluding hydrogens is 383 g/mol. The Kier molecular flexibility index (Phi) is 7.69. The molecular formula is C19H27N2O6P. The molecule has 1 aromatic carbocycles. The van der Waals surface area contributed by atoms with Gasteiger partial charge >= 0.3 is 7.60 Å². The van der Waals surface area contributed by atoms with Crippen LogP contribution in [-0.2, 0) is 13.6 Å². The third kappa shape index (κ3) is 5.61. The molecule has 0 aliphatic heterocycles. The van der Waals surface area contributed by atoms with E-state index in [1.807, 2.05) is 19.1 Å². The van der Waals surface area contributed by atoms with Gasteiger partial charge in [0.05, 0.1) is 44.4 Å². The van der Waals surface area contributed by atoms with Crippen molar-refractivity contribution < 1.29 is 28.6 Å². The quantitative estimate of drug-likeness (QED) is 0.394. The van der Waals surface area contributed by atoms with E-state index < -0.39 is 13.6 Å². The molecule has 1 unspecified atom stereocenters.